The van der Waals surface area contributed by atoms with Gasteiger partial charge >= 0.3 is 0 Å². The maximum absolute atomic E-state index is 13.7. The Kier molecular flexibility index (Phi) is 8.03. The number of rotatable bonds is 5. The lowest BCUT2D eigenvalue weighted by Crippen LogP contribution is -2.46. The Morgan fingerprint density at radius 3 is 2.47 bits per heavy atom. The fourth-order valence-electron chi connectivity index (χ4n) is 5.78. The number of para-hydroxylation sites is 2. The zero-order chi connectivity index (χ0) is 26.5. The van der Waals surface area contributed by atoms with Gasteiger partial charge in [0.2, 0.25) is 5.91 Å². The number of aryl methyl sites for hydroxylation is 1. The van der Waals surface area contributed by atoms with Crippen LogP contribution < -0.4 is 9.64 Å². The van der Waals surface area contributed by atoms with Gasteiger partial charge in [0.05, 0.1) is 0 Å². The van der Waals surface area contributed by atoms with Gasteiger partial charge in [-0.2, -0.15) is 0 Å². The third-order valence-corrected chi connectivity index (χ3v) is 7.82. The van der Waals surface area contributed by atoms with Crippen LogP contribution in [0.5, 0.6) is 5.75 Å². The first kappa shape index (κ1) is 25.9. The van der Waals surface area contributed by atoms with Crippen LogP contribution in [-0.2, 0) is 22.7 Å². The molecule has 3 aromatic rings. The fourth-order valence-corrected chi connectivity index (χ4v) is 5.78. The smallest absolute Gasteiger partial charge is 0.260 e. The van der Waals surface area contributed by atoms with E-state index >= 15 is 0 Å². The molecule has 198 valence electrons. The van der Waals surface area contributed by atoms with Crippen LogP contribution in [0.15, 0.2) is 73.1 Å². The maximum atomic E-state index is 13.7. The highest BCUT2D eigenvalue weighted by molar-refractivity contribution is 5.92. The molecule has 38 heavy (non-hydrogen) atoms. The first-order chi connectivity index (χ1) is 18.5. The number of carbonyl (C=O) groups is 2. The normalized spacial score (nSPS) is 19.9. The van der Waals surface area contributed by atoms with Gasteiger partial charge in [-0.05, 0) is 67.1 Å². The van der Waals surface area contributed by atoms with Crippen LogP contribution in [0, 0.1) is 6.92 Å². The zero-order valence-electron chi connectivity index (χ0n) is 22.3. The van der Waals surface area contributed by atoms with E-state index in [4.69, 9.17) is 4.74 Å². The number of benzene rings is 2. The van der Waals surface area contributed by atoms with Gasteiger partial charge in [0.1, 0.15) is 5.75 Å². The molecule has 2 aliphatic heterocycles. The second kappa shape index (κ2) is 11.8. The van der Waals surface area contributed by atoms with Crippen LogP contribution in [0.1, 0.15) is 42.9 Å². The molecule has 2 amide bonds. The Hall–Kier alpha value is -3.71. The number of ether oxygens (including phenoxy) is 1. The Labute approximate surface area is 225 Å². The van der Waals surface area contributed by atoms with Crippen LogP contribution >= 0.6 is 0 Å². The second-order valence-electron chi connectivity index (χ2n) is 10.3. The summed E-state index contributed by atoms with van der Waals surface area (Å²) in [5.74, 6) is 0.693. The average molecular weight is 513 g/mol. The molecule has 5 rings (SSSR count). The first-order valence-electron chi connectivity index (χ1n) is 13.5. The topological polar surface area (TPSA) is 66.0 Å². The molecule has 2 aliphatic rings. The Balaban J connectivity index is 1.45. The van der Waals surface area contributed by atoms with Crippen molar-refractivity contribution in [2.24, 2.45) is 0 Å². The van der Waals surface area contributed by atoms with Gasteiger partial charge in [-0.3, -0.25) is 19.5 Å². The highest BCUT2D eigenvalue weighted by Crippen LogP contribution is 2.32. The molecule has 7 nitrogen and oxygen atoms in total. The second-order valence-corrected chi connectivity index (χ2v) is 10.3. The highest BCUT2D eigenvalue weighted by atomic mass is 16.5. The third kappa shape index (κ3) is 5.89. The lowest BCUT2D eigenvalue weighted by molar-refractivity contribution is -0.134. The minimum Gasteiger partial charge on any atom is -0.484 e. The summed E-state index contributed by atoms with van der Waals surface area (Å²) in [6.07, 6.45) is 6.61. The van der Waals surface area contributed by atoms with Gasteiger partial charge in [-0.15, -0.1) is 0 Å². The summed E-state index contributed by atoms with van der Waals surface area (Å²) >= 11 is 0. The van der Waals surface area contributed by atoms with Crippen LogP contribution in [0.4, 0.5) is 5.69 Å². The standard InChI is InChI=1S/C31H36N4O3/c1-23-7-3-6-10-30(23)38-22-31(37)33-20-26-8-4-5-9-29(26)34(24(2)36)18-15-27-11-12-28(21-33)35(27)19-25-13-16-32-17-14-25/h3-10,13-14,16-17,27-28H,11-12,15,18-22H2,1-2H3. The molecule has 0 N–H and O–H groups in total. The number of hydrogen-bond acceptors (Lipinski definition) is 5. The molecular formula is C31H36N4O3. The molecular weight excluding hydrogens is 476 g/mol. The SMILES string of the molecule is CC(=O)N1CCC2CCC(CN(C(=O)COc3ccccc3C)Cc3ccccc31)N2Cc1ccncc1. The van der Waals surface area contributed by atoms with E-state index in [2.05, 4.69) is 22.0 Å². The fraction of sp³-hybridized carbons (Fsp3) is 0.387. The van der Waals surface area contributed by atoms with Crippen molar-refractivity contribution in [3.63, 3.8) is 0 Å². The van der Waals surface area contributed by atoms with Gasteiger partial charge in [0.25, 0.3) is 5.91 Å². The molecule has 1 aromatic heterocycles. The van der Waals surface area contributed by atoms with Gasteiger partial charge in [0.15, 0.2) is 6.61 Å². The number of carbonyl (C=O) groups excluding carboxylic acids is 2. The van der Waals surface area contributed by atoms with E-state index in [-0.39, 0.29) is 24.5 Å². The van der Waals surface area contributed by atoms with Gasteiger partial charge in [-0.1, -0.05) is 36.4 Å². The zero-order valence-corrected chi connectivity index (χ0v) is 22.3. The van der Waals surface area contributed by atoms with E-state index in [0.717, 1.165) is 48.4 Å². The molecule has 7 heteroatoms. The molecule has 2 unspecified atom stereocenters. The van der Waals surface area contributed by atoms with Crippen molar-refractivity contribution < 1.29 is 14.3 Å². The van der Waals surface area contributed by atoms with Crippen molar-refractivity contribution in [1.82, 2.24) is 14.8 Å². The number of aromatic nitrogens is 1. The lowest BCUT2D eigenvalue weighted by atomic mass is 10.1. The number of amides is 2. The molecule has 0 spiro atoms. The summed E-state index contributed by atoms with van der Waals surface area (Å²) in [5, 5.41) is 0. The summed E-state index contributed by atoms with van der Waals surface area (Å²) in [6.45, 7) is 6.08. The lowest BCUT2D eigenvalue weighted by Gasteiger charge is -2.34. The van der Waals surface area contributed by atoms with Crippen molar-refractivity contribution >= 4 is 17.5 Å². The summed E-state index contributed by atoms with van der Waals surface area (Å²) in [6, 6.07) is 20.4. The van der Waals surface area contributed by atoms with Crippen molar-refractivity contribution in [2.45, 2.75) is 58.3 Å². The Bertz CT molecular complexity index is 1260. The van der Waals surface area contributed by atoms with E-state index in [1.165, 1.54) is 5.56 Å². The quantitative estimate of drug-likeness (QED) is 0.500. The summed E-state index contributed by atoms with van der Waals surface area (Å²) in [5.41, 5.74) is 4.07. The monoisotopic (exact) mass is 512 g/mol. The van der Waals surface area contributed by atoms with E-state index in [1.807, 2.05) is 77.6 Å². The van der Waals surface area contributed by atoms with Gasteiger partial charge < -0.3 is 14.5 Å². The molecule has 3 heterocycles. The van der Waals surface area contributed by atoms with Crippen LogP contribution in [0.25, 0.3) is 0 Å². The van der Waals surface area contributed by atoms with Gasteiger partial charge in [0, 0.05) is 63.3 Å². The largest absolute Gasteiger partial charge is 0.484 e. The van der Waals surface area contributed by atoms with Crippen molar-refractivity contribution in [3.8, 4) is 5.75 Å². The molecule has 1 saturated heterocycles. The molecule has 2 bridgehead atoms. The number of pyridine rings is 1. The molecule has 0 aliphatic carbocycles. The minimum absolute atomic E-state index is 0.0210. The van der Waals surface area contributed by atoms with Crippen LogP contribution in [-0.4, -0.2) is 58.4 Å². The first-order valence-corrected chi connectivity index (χ1v) is 13.5. The number of nitrogens with zero attached hydrogens (tertiary/aromatic N) is 4. The Morgan fingerprint density at radius 2 is 1.68 bits per heavy atom. The molecule has 1 fully saturated rings. The average Bonchev–Trinajstić information content (AvgIpc) is 3.28. The summed E-state index contributed by atoms with van der Waals surface area (Å²) in [7, 11) is 0. The molecule has 0 radical (unpaired) electrons. The molecule has 0 saturated carbocycles. The summed E-state index contributed by atoms with van der Waals surface area (Å²) < 4.78 is 5.98. The molecule has 2 atom stereocenters. The Morgan fingerprint density at radius 1 is 0.947 bits per heavy atom. The number of hydrogen-bond donors (Lipinski definition) is 0. The van der Waals surface area contributed by atoms with Crippen LogP contribution in [0.2, 0.25) is 0 Å². The third-order valence-electron chi connectivity index (χ3n) is 7.82. The van der Waals surface area contributed by atoms with E-state index in [1.54, 1.807) is 6.92 Å². The highest BCUT2D eigenvalue weighted by Gasteiger charge is 2.36. The maximum Gasteiger partial charge on any atom is 0.260 e. The predicted molar refractivity (Wildman–Crippen MR) is 148 cm³/mol. The van der Waals surface area contributed by atoms with Crippen LogP contribution in [0.3, 0.4) is 0 Å². The molecule has 2 aromatic carbocycles. The van der Waals surface area contributed by atoms with E-state index < -0.39 is 0 Å². The number of anilines is 1. The van der Waals surface area contributed by atoms with E-state index in [0.29, 0.717) is 25.7 Å². The number of fused-ring (bicyclic) bond motifs is 3. The van der Waals surface area contributed by atoms with Crippen molar-refractivity contribution in [3.05, 3.63) is 89.7 Å². The minimum atomic E-state index is -0.0519. The van der Waals surface area contributed by atoms with Crippen molar-refractivity contribution in [2.75, 3.05) is 24.6 Å². The van der Waals surface area contributed by atoms with E-state index in [9.17, 15) is 9.59 Å². The summed E-state index contributed by atoms with van der Waals surface area (Å²) in [4.78, 5) is 37.0. The van der Waals surface area contributed by atoms with Crippen molar-refractivity contribution in [1.29, 1.82) is 0 Å². The van der Waals surface area contributed by atoms with Gasteiger partial charge in [-0.25, -0.2) is 0 Å². The predicted octanol–water partition coefficient (Wildman–Crippen LogP) is 4.59.